The number of rotatable bonds is 3. The molecule has 0 unspecified atom stereocenters. The second kappa shape index (κ2) is 4.55. The summed E-state index contributed by atoms with van der Waals surface area (Å²) < 4.78 is 0. The van der Waals surface area contributed by atoms with E-state index in [9.17, 15) is 0 Å². The maximum atomic E-state index is 8.96. The Balaban J connectivity index is 2.93. The molecule has 1 atom stereocenters. The maximum Gasteiger partial charge on any atom is 0.0700 e. The minimum atomic E-state index is -0.338. The van der Waals surface area contributed by atoms with Gasteiger partial charge in [0, 0.05) is 24.0 Å². The molecular formula is C9H11N3O. The number of hydrogen-bond acceptors (Lipinski definition) is 4. The van der Waals surface area contributed by atoms with Crippen molar-refractivity contribution in [2.24, 2.45) is 5.73 Å². The molecule has 0 amide bonds. The predicted molar refractivity (Wildman–Crippen MR) is 47.3 cm³/mol. The first-order valence-corrected chi connectivity index (χ1v) is 3.95. The first-order chi connectivity index (χ1) is 6.29. The van der Waals surface area contributed by atoms with Crippen LogP contribution >= 0.6 is 0 Å². The molecule has 0 fully saturated rings. The van der Waals surface area contributed by atoms with Gasteiger partial charge in [0.25, 0.3) is 0 Å². The number of aliphatic hydroxyl groups is 1. The highest BCUT2D eigenvalue weighted by molar-refractivity contribution is 5.26. The Labute approximate surface area is 76.6 Å². The number of pyridine rings is 1. The van der Waals surface area contributed by atoms with Crippen LogP contribution in [0.4, 0.5) is 0 Å². The summed E-state index contributed by atoms with van der Waals surface area (Å²) in [4.78, 5) is 3.86. The lowest BCUT2D eigenvalue weighted by atomic mass is 10.0. The summed E-state index contributed by atoms with van der Waals surface area (Å²) in [5.41, 5.74) is 7.20. The Morgan fingerprint density at radius 2 is 2.46 bits per heavy atom. The van der Waals surface area contributed by atoms with E-state index in [2.05, 4.69) is 4.98 Å². The van der Waals surface area contributed by atoms with Gasteiger partial charge in [-0.05, 0) is 11.6 Å². The number of aromatic nitrogens is 1. The zero-order valence-corrected chi connectivity index (χ0v) is 7.14. The third-order valence-corrected chi connectivity index (χ3v) is 1.82. The SMILES string of the molecule is N#CC[C@@H](N)c1ccncc1CO. The van der Waals surface area contributed by atoms with E-state index in [-0.39, 0.29) is 19.1 Å². The van der Waals surface area contributed by atoms with Gasteiger partial charge in [0.15, 0.2) is 0 Å². The van der Waals surface area contributed by atoms with E-state index in [0.717, 1.165) is 5.56 Å². The molecule has 13 heavy (non-hydrogen) atoms. The molecule has 0 aliphatic rings. The monoisotopic (exact) mass is 177 g/mol. The fraction of sp³-hybridized carbons (Fsp3) is 0.333. The first kappa shape index (κ1) is 9.65. The van der Waals surface area contributed by atoms with Gasteiger partial charge in [-0.3, -0.25) is 4.98 Å². The molecule has 4 nitrogen and oxygen atoms in total. The molecule has 3 N–H and O–H groups in total. The maximum absolute atomic E-state index is 8.96. The minimum Gasteiger partial charge on any atom is -0.392 e. The van der Waals surface area contributed by atoms with Gasteiger partial charge in [0.1, 0.15) is 0 Å². The molecule has 1 aromatic heterocycles. The molecule has 0 saturated carbocycles. The van der Waals surface area contributed by atoms with Crippen LogP contribution in [0.1, 0.15) is 23.6 Å². The third-order valence-electron chi connectivity index (χ3n) is 1.82. The van der Waals surface area contributed by atoms with Crippen molar-refractivity contribution < 1.29 is 5.11 Å². The van der Waals surface area contributed by atoms with Crippen LogP contribution < -0.4 is 5.73 Å². The topological polar surface area (TPSA) is 82.9 Å². The van der Waals surface area contributed by atoms with Gasteiger partial charge in [-0.15, -0.1) is 0 Å². The second-order valence-electron chi connectivity index (χ2n) is 2.70. The van der Waals surface area contributed by atoms with E-state index in [1.54, 1.807) is 18.5 Å². The minimum absolute atomic E-state index is 0.0949. The molecule has 68 valence electrons. The van der Waals surface area contributed by atoms with Crippen LogP contribution in [0.2, 0.25) is 0 Å². The summed E-state index contributed by atoms with van der Waals surface area (Å²) in [5, 5.41) is 17.4. The van der Waals surface area contributed by atoms with Gasteiger partial charge in [-0.25, -0.2) is 0 Å². The van der Waals surface area contributed by atoms with Gasteiger partial charge < -0.3 is 10.8 Å². The van der Waals surface area contributed by atoms with Crippen molar-refractivity contribution in [3.05, 3.63) is 29.6 Å². The average Bonchev–Trinajstić information content (AvgIpc) is 2.18. The summed E-state index contributed by atoms with van der Waals surface area (Å²) in [6.07, 6.45) is 3.41. The van der Waals surface area contributed by atoms with Crippen molar-refractivity contribution in [1.29, 1.82) is 5.26 Å². The molecular weight excluding hydrogens is 166 g/mol. The normalized spacial score (nSPS) is 12.1. The summed E-state index contributed by atoms with van der Waals surface area (Å²) in [6.45, 7) is -0.0949. The fourth-order valence-corrected chi connectivity index (χ4v) is 1.14. The van der Waals surface area contributed by atoms with Crippen molar-refractivity contribution in [2.45, 2.75) is 19.1 Å². The number of nitrogens with zero attached hydrogens (tertiary/aromatic N) is 2. The number of nitrogens with two attached hydrogens (primary N) is 1. The molecule has 0 radical (unpaired) electrons. The van der Waals surface area contributed by atoms with Gasteiger partial charge in [0.05, 0.1) is 19.1 Å². The van der Waals surface area contributed by atoms with Crippen LogP contribution in [0, 0.1) is 11.3 Å². The lowest BCUT2D eigenvalue weighted by Gasteiger charge is -2.11. The first-order valence-electron chi connectivity index (χ1n) is 3.95. The van der Waals surface area contributed by atoms with Crippen molar-refractivity contribution in [2.75, 3.05) is 0 Å². The molecule has 4 heteroatoms. The molecule has 0 aliphatic carbocycles. The zero-order valence-electron chi connectivity index (χ0n) is 7.14. The van der Waals surface area contributed by atoms with E-state index in [1.807, 2.05) is 6.07 Å². The molecule has 1 heterocycles. The zero-order chi connectivity index (χ0) is 9.68. The lowest BCUT2D eigenvalue weighted by molar-refractivity contribution is 0.279. The van der Waals surface area contributed by atoms with Crippen molar-refractivity contribution in [3.8, 4) is 6.07 Å². The summed E-state index contributed by atoms with van der Waals surface area (Å²) >= 11 is 0. The largest absolute Gasteiger partial charge is 0.392 e. The van der Waals surface area contributed by atoms with Gasteiger partial charge in [0.2, 0.25) is 0 Å². The van der Waals surface area contributed by atoms with Crippen LogP contribution in [0.3, 0.4) is 0 Å². The Morgan fingerprint density at radius 3 is 3.08 bits per heavy atom. The Bertz CT molecular complexity index is 319. The van der Waals surface area contributed by atoms with E-state index in [1.165, 1.54) is 0 Å². The fourth-order valence-electron chi connectivity index (χ4n) is 1.14. The van der Waals surface area contributed by atoms with E-state index in [4.69, 9.17) is 16.1 Å². The van der Waals surface area contributed by atoms with Gasteiger partial charge in [-0.2, -0.15) is 5.26 Å². The van der Waals surface area contributed by atoms with E-state index >= 15 is 0 Å². The summed E-state index contributed by atoms with van der Waals surface area (Å²) in [7, 11) is 0. The van der Waals surface area contributed by atoms with Crippen LogP contribution in [-0.2, 0) is 6.61 Å². The van der Waals surface area contributed by atoms with Gasteiger partial charge >= 0.3 is 0 Å². The van der Waals surface area contributed by atoms with Gasteiger partial charge in [-0.1, -0.05) is 0 Å². The highest BCUT2D eigenvalue weighted by Crippen LogP contribution is 2.17. The molecule has 1 aromatic rings. The number of aliphatic hydroxyl groups excluding tert-OH is 1. The molecule has 0 aromatic carbocycles. The van der Waals surface area contributed by atoms with Crippen molar-refractivity contribution in [3.63, 3.8) is 0 Å². The average molecular weight is 177 g/mol. The van der Waals surface area contributed by atoms with Crippen molar-refractivity contribution >= 4 is 0 Å². The van der Waals surface area contributed by atoms with E-state index in [0.29, 0.717) is 5.56 Å². The summed E-state index contributed by atoms with van der Waals surface area (Å²) in [6, 6.07) is 3.38. The third kappa shape index (κ3) is 2.25. The molecule has 1 rings (SSSR count). The molecule has 0 bridgehead atoms. The standard InChI is InChI=1S/C9H11N3O/c10-3-1-9(11)8-2-4-12-5-7(8)6-13/h2,4-5,9,13H,1,6,11H2/t9-/m1/s1. The quantitative estimate of drug-likeness (QED) is 0.703. The Kier molecular flexibility index (Phi) is 3.38. The Morgan fingerprint density at radius 1 is 1.69 bits per heavy atom. The molecule has 0 saturated heterocycles. The molecule has 0 aliphatic heterocycles. The van der Waals surface area contributed by atoms with Crippen LogP contribution in [0.25, 0.3) is 0 Å². The summed E-state index contributed by atoms with van der Waals surface area (Å²) in [5.74, 6) is 0. The predicted octanol–water partition coefficient (Wildman–Crippen LogP) is 0.487. The Hall–Kier alpha value is -1.44. The van der Waals surface area contributed by atoms with E-state index < -0.39 is 0 Å². The lowest BCUT2D eigenvalue weighted by Crippen LogP contribution is -2.12. The molecule has 0 spiro atoms. The number of nitriles is 1. The smallest absolute Gasteiger partial charge is 0.0700 e. The second-order valence-corrected chi connectivity index (χ2v) is 2.70. The van der Waals surface area contributed by atoms with Crippen LogP contribution in [0.5, 0.6) is 0 Å². The van der Waals surface area contributed by atoms with Crippen molar-refractivity contribution in [1.82, 2.24) is 4.98 Å². The number of hydrogen-bond donors (Lipinski definition) is 2. The highest BCUT2D eigenvalue weighted by atomic mass is 16.3. The van der Waals surface area contributed by atoms with Crippen LogP contribution in [0.15, 0.2) is 18.5 Å². The van der Waals surface area contributed by atoms with Crippen LogP contribution in [-0.4, -0.2) is 10.1 Å². The highest BCUT2D eigenvalue weighted by Gasteiger charge is 2.09.